The van der Waals surface area contributed by atoms with E-state index in [1.54, 1.807) is 0 Å². The zero-order valence-corrected chi connectivity index (χ0v) is 21.4. The first-order chi connectivity index (χ1) is 13.6. The van der Waals surface area contributed by atoms with Crippen molar-refractivity contribution in [1.29, 1.82) is 0 Å². The third-order valence-corrected chi connectivity index (χ3v) is 7.56. The minimum Gasteiger partial charge on any atom is -0.355 e. The summed E-state index contributed by atoms with van der Waals surface area (Å²) in [5.41, 5.74) is 2.79. The third-order valence-electron chi connectivity index (χ3n) is 6.02. The van der Waals surface area contributed by atoms with Gasteiger partial charge in [0.25, 0.3) is 0 Å². The molecule has 5 nitrogen and oxygen atoms in total. The molecule has 0 bridgehead atoms. The molecule has 0 aliphatic carbocycles. The number of nitrogens with zero attached hydrogens (tertiary/aromatic N) is 3. The molecule has 0 radical (unpaired) electrons. The van der Waals surface area contributed by atoms with Crippen LogP contribution in [0.5, 0.6) is 0 Å². The summed E-state index contributed by atoms with van der Waals surface area (Å²) in [5, 5.41) is 7.06. The zero-order chi connectivity index (χ0) is 19.8. The maximum Gasteiger partial charge on any atom is 0.191 e. The van der Waals surface area contributed by atoms with E-state index in [9.17, 15) is 0 Å². The second-order valence-electron chi connectivity index (χ2n) is 8.16. The molecule has 2 N–H and O–H groups in total. The molecule has 2 aliphatic rings. The summed E-state index contributed by atoms with van der Waals surface area (Å²) in [6.07, 6.45) is 2.62. The van der Waals surface area contributed by atoms with Crippen molar-refractivity contribution in [2.45, 2.75) is 44.5 Å². The Hall–Kier alpha value is -0.510. The van der Waals surface area contributed by atoms with Gasteiger partial charge in [-0.25, -0.2) is 0 Å². The van der Waals surface area contributed by atoms with Crippen molar-refractivity contribution in [3.05, 3.63) is 35.4 Å². The number of hydrogen-bond acceptors (Lipinski definition) is 4. The van der Waals surface area contributed by atoms with E-state index in [0.29, 0.717) is 4.75 Å². The van der Waals surface area contributed by atoms with Gasteiger partial charge in [0.15, 0.2) is 5.96 Å². The van der Waals surface area contributed by atoms with Gasteiger partial charge in [-0.05, 0) is 43.2 Å². The van der Waals surface area contributed by atoms with Crippen molar-refractivity contribution >= 4 is 41.7 Å². The number of aliphatic imine (C=N–C) groups is 1. The van der Waals surface area contributed by atoms with E-state index in [0.717, 1.165) is 45.2 Å². The van der Waals surface area contributed by atoms with Crippen molar-refractivity contribution in [3.8, 4) is 0 Å². The second kappa shape index (κ2) is 12.4. The SMILES string of the molecule is CCN1CCN(Cc2ccccc2CNC(=NC)NCC2(C)CCCS2)CC1.I. The van der Waals surface area contributed by atoms with Crippen molar-refractivity contribution < 1.29 is 0 Å². The van der Waals surface area contributed by atoms with Gasteiger partial charge in [-0.3, -0.25) is 9.89 Å². The summed E-state index contributed by atoms with van der Waals surface area (Å²) in [6.45, 7) is 13.3. The molecular formula is C22H38IN5S. The lowest BCUT2D eigenvalue weighted by Crippen LogP contribution is -2.45. The Kier molecular flexibility index (Phi) is 10.6. The number of piperazine rings is 1. The molecule has 2 aliphatic heterocycles. The fraction of sp³-hybridized carbons (Fsp3) is 0.682. The van der Waals surface area contributed by atoms with E-state index in [4.69, 9.17) is 0 Å². The van der Waals surface area contributed by atoms with Crippen LogP contribution in [-0.4, -0.2) is 72.6 Å². The van der Waals surface area contributed by atoms with E-state index < -0.39 is 0 Å². The van der Waals surface area contributed by atoms with E-state index in [-0.39, 0.29) is 24.0 Å². The molecule has 1 aromatic rings. The Morgan fingerprint density at radius 1 is 1.10 bits per heavy atom. The van der Waals surface area contributed by atoms with Crippen LogP contribution in [0.25, 0.3) is 0 Å². The zero-order valence-electron chi connectivity index (χ0n) is 18.2. The van der Waals surface area contributed by atoms with Crippen LogP contribution in [-0.2, 0) is 13.1 Å². The average molecular weight is 532 g/mol. The van der Waals surface area contributed by atoms with Crippen LogP contribution in [0.4, 0.5) is 0 Å². The van der Waals surface area contributed by atoms with Crippen LogP contribution in [0.3, 0.4) is 0 Å². The van der Waals surface area contributed by atoms with Crippen molar-refractivity contribution in [1.82, 2.24) is 20.4 Å². The highest BCUT2D eigenvalue weighted by atomic mass is 127. The van der Waals surface area contributed by atoms with Gasteiger partial charge in [-0.15, -0.1) is 24.0 Å². The maximum atomic E-state index is 4.43. The van der Waals surface area contributed by atoms with Gasteiger partial charge in [0.05, 0.1) is 0 Å². The summed E-state index contributed by atoms with van der Waals surface area (Å²) in [6, 6.07) is 8.82. The smallest absolute Gasteiger partial charge is 0.191 e. The minimum atomic E-state index is 0. The number of guanidine groups is 1. The lowest BCUT2D eigenvalue weighted by atomic mass is 10.1. The van der Waals surface area contributed by atoms with Crippen molar-refractivity contribution in [3.63, 3.8) is 0 Å². The van der Waals surface area contributed by atoms with Gasteiger partial charge in [-0.1, -0.05) is 31.2 Å². The van der Waals surface area contributed by atoms with Gasteiger partial charge in [-0.2, -0.15) is 11.8 Å². The molecule has 2 heterocycles. The molecule has 0 aromatic heterocycles. The molecule has 0 spiro atoms. The van der Waals surface area contributed by atoms with E-state index in [1.165, 1.54) is 42.8 Å². The van der Waals surface area contributed by atoms with Gasteiger partial charge < -0.3 is 15.5 Å². The third kappa shape index (κ3) is 7.60. The molecule has 2 saturated heterocycles. The highest BCUT2D eigenvalue weighted by Gasteiger charge is 2.29. The number of rotatable bonds is 7. The Morgan fingerprint density at radius 3 is 2.41 bits per heavy atom. The van der Waals surface area contributed by atoms with Crippen LogP contribution in [0.1, 0.15) is 37.8 Å². The fourth-order valence-corrected chi connectivity index (χ4v) is 5.28. The van der Waals surface area contributed by atoms with Gasteiger partial charge >= 0.3 is 0 Å². The normalized spacial score (nSPS) is 23.6. The van der Waals surface area contributed by atoms with Crippen LogP contribution >= 0.6 is 35.7 Å². The topological polar surface area (TPSA) is 42.9 Å². The molecule has 0 saturated carbocycles. The largest absolute Gasteiger partial charge is 0.355 e. The molecule has 7 heteroatoms. The second-order valence-corrected chi connectivity index (χ2v) is 9.84. The molecule has 1 unspecified atom stereocenters. The molecule has 0 amide bonds. The predicted octanol–water partition coefficient (Wildman–Crippen LogP) is 3.39. The van der Waals surface area contributed by atoms with E-state index in [2.05, 4.69) is 75.3 Å². The van der Waals surface area contributed by atoms with Crippen LogP contribution < -0.4 is 10.6 Å². The summed E-state index contributed by atoms with van der Waals surface area (Å²) in [5.74, 6) is 2.18. The quantitative estimate of drug-likeness (QED) is 0.321. The van der Waals surface area contributed by atoms with Gasteiger partial charge in [0.2, 0.25) is 0 Å². The van der Waals surface area contributed by atoms with Gasteiger partial charge in [0, 0.05) is 57.6 Å². The van der Waals surface area contributed by atoms with Crippen molar-refractivity contribution in [2.24, 2.45) is 4.99 Å². The number of likely N-dealkylation sites (N-methyl/N-ethyl adjacent to an activating group) is 1. The van der Waals surface area contributed by atoms with Crippen molar-refractivity contribution in [2.75, 3.05) is 52.1 Å². The van der Waals surface area contributed by atoms with E-state index in [1.807, 2.05) is 7.05 Å². The van der Waals surface area contributed by atoms with Crippen LogP contribution in [0.15, 0.2) is 29.3 Å². The number of hydrogen-bond donors (Lipinski definition) is 2. The standard InChI is InChI=1S/C22H37N5S.HI/c1-4-26-11-13-27(14-12-26)17-20-9-6-5-8-19(20)16-24-21(23-3)25-18-22(2)10-7-15-28-22;/h5-6,8-9H,4,7,10-18H2,1-3H3,(H2,23,24,25);1H. The summed E-state index contributed by atoms with van der Waals surface area (Å²) in [7, 11) is 1.86. The van der Waals surface area contributed by atoms with Crippen LogP contribution in [0, 0.1) is 0 Å². The molecule has 1 aromatic carbocycles. The summed E-state index contributed by atoms with van der Waals surface area (Å²) in [4.78, 5) is 9.54. The molecular weight excluding hydrogens is 493 g/mol. The van der Waals surface area contributed by atoms with E-state index >= 15 is 0 Å². The predicted molar refractivity (Wildman–Crippen MR) is 138 cm³/mol. The number of nitrogens with one attached hydrogen (secondary N) is 2. The molecule has 2 fully saturated rings. The minimum absolute atomic E-state index is 0. The Bertz CT molecular complexity index is 640. The highest BCUT2D eigenvalue weighted by molar-refractivity contribution is 14.0. The fourth-order valence-electron chi connectivity index (χ4n) is 4.04. The monoisotopic (exact) mass is 531 g/mol. The molecule has 29 heavy (non-hydrogen) atoms. The average Bonchev–Trinajstić information content (AvgIpc) is 3.16. The summed E-state index contributed by atoms with van der Waals surface area (Å²) >= 11 is 2.08. The summed E-state index contributed by atoms with van der Waals surface area (Å²) < 4.78 is 0.343. The lowest BCUT2D eigenvalue weighted by Gasteiger charge is -2.34. The number of halogens is 1. The molecule has 164 valence electrons. The lowest BCUT2D eigenvalue weighted by molar-refractivity contribution is 0.131. The Labute approximate surface area is 198 Å². The first kappa shape index (κ1) is 24.8. The van der Waals surface area contributed by atoms with Crippen LogP contribution in [0.2, 0.25) is 0 Å². The Morgan fingerprint density at radius 2 is 1.79 bits per heavy atom. The molecule has 1 atom stereocenters. The first-order valence-corrected chi connectivity index (χ1v) is 11.7. The first-order valence-electron chi connectivity index (χ1n) is 10.7. The number of benzene rings is 1. The molecule has 3 rings (SSSR count). The maximum absolute atomic E-state index is 4.43. The number of thioether (sulfide) groups is 1. The highest BCUT2D eigenvalue weighted by Crippen LogP contribution is 2.36. The Balaban J connectivity index is 0.00000300. The van der Waals surface area contributed by atoms with Gasteiger partial charge in [0.1, 0.15) is 0 Å².